The van der Waals surface area contributed by atoms with Gasteiger partial charge in [0.1, 0.15) is 0 Å². The van der Waals surface area contributed by atoms with Crippen LogP contribution in [0.2, 0.25) is 0 Å². The number of urea groups is 1. The number of carbonyl (C=O) groups excluding carboxylic acids is 1. The fourth-order valence-corrected chi connectivity index (χ4v) is 4.90. The lowest BCUT2D eigenvalue weighted by Crippen LogP contribution is -2.50. The van der Waals surface area contributed by atoms with Crippen LogP contribution in [0, 0.1) is 6.92 Å². The molecule has 32 heavy (non-hydrogen) atoms. The van der Waals surface area contributed by atoms with E-state index in [-0.39, 0.29) is 12.3 Å². The van der Waals surface area contributed by atoms with Gasteiger partial charge in [-0.25, -0.2) is 13.2 Å². The topological polar surface area (TPSA) is 100 Å². The van der Waals surface area contributed by atoms with Crippen molar-refractivity contribution in [1.82, 2.24) is 9.62 Å². The highest BCUT2D eigenvalue weighted by Gasteiger charge is 2.27. The molecule has 1 heterocycles. The standard InChI is InChI=1S/C22H30N4O5S/c1-17-5-4-6-19(15-17)25-10-12-26(13-11-25)32(28,29)14-9-23-22(27)24-18-7-8-20(30-2)21(16-18)31-3/h4-8,15-16H,9-14H2,1-3H3,(H2,23,24,27). The first-order valence-corrected chi connectivity index (χ1v) is 12.0. The summed E-state index contributed by atoms with van der Waals surface area (Å²) in [7, 11) is -0.422. The zero-order valence-corrected chi connectivity index (χ0v) is 19.4. The minimum Gasteiger partial charge on any atom is -0.493 e. The minimum atomic E-state index is -3.46. The molecule has 0 aliphatic carbocycles. The van der Waals surface area contributed by atoms with Gasteiger partial charge in [-0.3, -0.25) is 0 Å². The first kappa shape index (κ1) is 23.7. The number of rotatable bonds is 8. The Balaban J connectivity index is 1.46. The van der Waals surface area contributed by atoms with Crippen LogP contribution in [0.4, 0.5) is 16.2 Å². The lowest BCUT2D eigenvalue weighted by atomic mass is 10.2. The molecular formula is C22H30N4O5S. The number of amides is 2. The number of aryl methyl sites for hydroxylation is 1. The lowest BCUT2D eigenvalue weighted by Gasteiger charge is -2.35. The quantitative estimate of drug-likeness (QED) is 0.624. The second-order valence-electron chi connectivity index (χ2n) is 7.49. The van der Waals surface area contributed by atoms with E-state index in [0.29, 0.717) is 43.4 Å². The number of carbonyl (C=O) groups is 1. The zero-order valence-electron chi connectivity index (χ0n) is 18.6. The smallest absolute Gasteiger partial charge is 0.319 e. The molecule has 0 aromatic heterocycles. The maximum atomic E-state index is 12.7. The van der Waals surface area contributed by atoms with Gasteiger partial charge in [-0.15, -0.1) is 0 Å². The number of piperazine rings is 1. The van der Waals surface area contributed by atoms with Crippen LogP contribution in [0.25, 0.3) is 0 Å². The van der Waals surface area contributed by atoms with E-state index in [1.165, 1.54) is 24.1 Å². The van der Waals surface area contributed by atoms with Gasteiger partial charge in [0.25, 0.3) is 0 Å². The van der Waals surface area contributed by atoms with E-state index in [1.807, 2.05) is 25.1 Å². The van der Waals surface area contributed by atoms with Crippen LogP contribution in [0.15, 0.2) is 42.5 Å². The molecule has 0 bridgehead atoms. The Labute approximate surface area is 189 Å². The van der Waals surface area contributed by atoms with Gasteiger partial charge in [-0.1, -0.05) is 12.1 Å². The Bertz CT molecular complexity index is 1040. The van der Waals surface area contributed by atoms with E-state index < -0.39 is 16.1 Å². The molecule has 1 fully saturated rings. The molecule has 2 N–H and O–H groups in total. The van der Waals surface area contributed by atoms with Crippen LogP contribution >= 0.6 is 0 Å². The number of sulfonamides is 1. The molecule has 9 nitrogen and oxygen atoms in total. The normalized spacial score (nSPS) is 14.7. The third-order valence-corrected chi connectivity index (χ3v) is 7.16. The third-order valence-electron chi connectivity index (χ3n) is 5.29. The molecule has 1 aliphatic rings. The van der Waals surface area contributed by atoms with Crippen molar-refractivity contribution in [3.05, 3.63) is 48.0 Å². The number of nitrogens with zero attached hydrogens (tertiary/aromatic N) is 2. The lowest BCUT2D eigenvalue weighted by molar-refractivity contribution is 0.252. The van der Waals surface area contributed by atoms with E-state index in [1.54, 1.807) is 18.2 Å². The maximum Gasteiger partial charge on any atom is 0.319 e. The van der Waals surface area contributed by atoms with E-state index >= 15 is 0 Å². The fourth-order valence-electron chi connectivity index (χ4n) is 3.56. The van der Waals surface area contributed by atoms with Gasteiger partial charge in [0, 0.05) is 50.2 Å². The Kier molecular flexibility index (Phi) is 7.81. The van der Waals surface area contributed by atoms with Gasteiger partial charge in [-0.05, 0) is 36.8 Å². The van der Waals surface area contributed by atoms with E-state index in [2.05, 4.69) is 21.6 Å². The Morgan fingerprint density at radius 1 is 1.00 bits per heavy atom. The fraction of sp³-hybridized carbons (Fsp3) is 0.409. The van der Waals surface area contributed by atoms with Crippen LogP contribution in [0.3, 0.4) is 0 Å². The average Bonchev–Trinajstić information content (AvgIpc) is 2.79. The summed E-state index contributed by atoms with van der Waals surface area (Å²) >= 11 is 0. The maximum absolute atomic E-state index is 12.7. The van der Waals surface area contributed by atoms with Gasteiger partial charge in [0.15, 0.2) is 11.5 Å². The molecule has 2 amide bonds. The van der Waals surface area contributed by atoms with Gasteiger partial charge in [-0.2, -0.15) is 4.31 Å². The van der Waals surface area contributed by atoms with Crippen molar-refractivity contribution in [2.24, 2.45) is 0 Å². The predicted molar refractivity (Wildman–Crippen MR) is 125 cm³/mol. The van der Waals surface area contributed by atoms with E-state index in [4.69, 9.17) is 9.47 Å². The van der Waals surface area contributed by atoms with Crippen molar-refractivity contribution in [2.75, 3.05) is 62.9 Å². The van der Waals surface area contributed by atoms with Crippen molar-refractivity contribution < 1.29 is 22.7 Å². The largest absolute Gasteiger partial charge is 0.493 e. The van der Waals surface area contributed by atoms with Crippen LogP contribution in [-0.2, 0) is 10.0 Å². The Hall–Kier alpha value is -2.98. The summed E-state index contributed by atoms with van der Waals surface area (Å²) in [5.41, 5.74) is 2.79. The van der Waals surface area contributed by atoms with Gasteiger partial charge < -0.3 is 25.0 Å². The highest BCUT2D eigenvalue weighted by Crippen LogP contribution is 2.29. The van der Waals surface area contributed by atoms with Gasteiger partial charge >= 0.3 is 6.03 Å². The van der Waals surface area contributed by atoms with Gasteiger partial charge in [0.05, 0.1) is 20.0 Å². The summed E-state index contributed by atoms with van der Waals surface area (Å²) in [6, 6.07) is 12.7. The van der Waals surface area contributed by atoms with Crippen molar-refractivity contribution in [3.63, 3.8) is 0 Å². The van der Waals surface area contributed by atoms with Crippen molar-refractivity contribution in [3.8, 4) is 11.5 Å². The highest BCUT2D eigenvalue weighted by atomic mass is 32.2. The van der Waals surface area contributed by atoms with Crippen LogP contribution in [0.1, 0.15) is 5.56 Å². The number of hydrogen-bond acceptors (Lipinski definition) is 6. The second kappa shape index (κ2) is 10.6. The van der Waals surface area contributed by atoms with Crippen LogP contribution in [-0.4, -0.2) is 71.5 Å². The number of ether oxygens (including phenoxy) is 2. The molecule has 0 unspecified atom stereocenters. The molecular weight excluding hydrogens is 432 g/mol. The average molecular weight is 463 g/mol. The Morgan fingerprint density at radius 3 is 2.38 bits per heavy atom. The first-order valence-electron chi connectivity index (χ1n) is 10.4. The molecule has 10 heteroatoms. The van der Waals surface area contributed by atoms with Crippen LogP contribution in [0.5, 0.6) is 11.5 Å². The monoisotopic (exact) mass is 462 g/mol. The van der Waals surface area contributed by atoms with Crippen molar-refractivity contribution >= 4 is 27.4 Å². The molecule has 0 atom stereocenters. The summed E-state index contributed by atoms with van der Waals surface area (Å²) in [6.07, 6.45) is 0. The zero-order chi connectivity index (χ0) is 23.1. The van der Waals surface area contributed by atoms with Gasteiger partial charge in [0.2, 0.25) is 10.0 Å². The SMILES string of the molecule is COc1ccc(NC(=O)NCCS(=O)(=O)N2CCN(c3cccc(C)c3)CC2)cc1OC. The molecule has 1 saturated heterocycles. The Morgan fingerprint density at radius 2 is 1.72 bits per heavy atom. The minimum absolute atomic E-state index is 0.0134. The highest BCUT2D eigenvalue weighted by molar-refractivity contribution is 7.89. The summed E-state index contributed by atoms with van der Waals surface area (Å²) in [5.74, 6) is 0.876. The summed E-state index contributed by atoms with van der Waals surface area (Å²) in [5, 5.41) is 5.26. The summed E-state index contributed by atoms with van der Waals surface area (Å²) in [4.78, 5) is 14.3. The number of hydrogen-bond donors (Lipinski definition) is 2. The van der Waals surface area contributed by atoms with E-state index in [9.17, 15) is 13.2 Å². The number of methoxy groups -OCH3 is 2. The summed E-state index contributed by atoms with van der Waals surface area (Å²) < 4.78 is 37.2. The molecule has 3 rings (SSSR count). The summed E-state index contributed by atoms with van der Waals surface area (Å²) in [6.45, 7) is 4.17. The molecule has 0 radical (unpaired) electrons. The number of nitrogens with one attached hydrogen (secondary N) is 2. The molecule has 1 aliphatic heterocycles. The number of benzene rings is 2. The molecule has 0 spiro atoms. The molecule has 0 saturated carbocycles. The van der Waals surface area contributed by atoms with Crippen LogP contribution < -0.4 is 25.0 Å². The van der Waals surface area contributed by atoms with Crippen molar-refractivity contribution in [1.29, 1.82) is 0 Å². The number of anilines is 2. The molecule has 174 valence electrons. The van der Waals surface area contributed by atoms with Crippen molar-refractivity contribution in [2.45, 2.75) is 6.92 Å². The van der Waals surface area contributed by atoms with E-state index in [0.717, 1.165) is 5.69 Å². The molecule has 2 aromatic carbocycles. The first-order chi connectivity index (χ1) is 15.3. The second-order valence-corrected chi connectivity index (χ2v) is 9.58. The third kappa shape index (κ3) is 6.04. The molecule has 2 aromatic rings. The predicted octanol–water partition coefficient (Wildman–Crippen LogP) is 2.29.